The second-order valence-corrected chi connectivity index (χ2v) is 6.96. The molecular weight excluding hydrogens is 432 g/mol. The summed E-state index contributed by atoms with van der Waals surface area (Å²) in [5.41, 5.74) is 3.58. The van der Waals surface area contributed by atoms with Crippen LogP contribution in [0.2, 0.25) is 5.02 Å². The number of hydrogen-bond donors (Lipinski definition) is 2. The third-order valence-corrected chi connectivity index (χ3v) is 4.65. The first-order valence-corrected chi connectivity index (χ1v) is 10.2. The zero-order valence-corrected chi connectivity index (χ0v) is 18.0. The molecule has 2 N–H and O–H groups in total. The van der Waals surface area contributed by atoms with Crippen molar-refractivity contribution in [1.82, 2.24) is 5.43 Å². The van der Waals surface area contributed by atoms with Crippen LogP contribution >= 0.6 is 11.6 Å². The number of esters is 1. The van der Waals surface area contributed by atoms with Gasteiger partial charge in [0.1, 0.15) is 0 Å². The molecule has 0 aliphatic rings. The molecule has 0 radical (unpaired) electrons. The summed E-state index contributed by atoms with van der Waals surface area (Å²) in [6, 6.07) is 19.9. The maximum absolute atomic E-state index is 12.4. The van der Waals surface area contributed by atoms with Gasteiger partial charge in [0, 0.05) is 0 Å². The van der Waals surface area contributed by atoms with Gasteiger partial charge in [0.25, 0.3) is 5.91 Å². The van der Waals surface area contributed by atoms with Crippen molar-refractivity contribution in [2.75, 3.05) is 6.61 Å². The van der Waals surface area contributed by atoms with Crippen molar-refractivity contribution in [3.05, 3.63) is 94.5 Å². The highest BCUT2D eigenvalue weighted by atomic mass is 35.5. The second kappa shape index (κ2) is 11.1. The minimum absolute atomic E-state index is 0.220. The van der Waals surface area contributed by atoms with Gasteiger partial charge in [0.15, 0.2) is 17.6 Å². The average molecular weight is 453 g/mol. The van der Waals surface area contributed by atoms with Gasteiger partial charge in [-0.1, -0.05) is 54.1 Å². The van der Waals surface area contributed by atoms with Crippen LogP contribution in [0, 0.1) is 0 Å². The molecule has 0 fully saturated rings. The highest BCUT2D eigenvalue weighted by molar-refractivity contribution is 6.33. The Morgan fingerprint density at radius 1 is 1.06 bits per heavy atom. The Balaban J connectivity index is 1.69. The lowest BCUT2D eigenvalue weighted by atomic mass is 10.1. The lowest BCUT2D eigenvalue weighted by Crippen LogP contribution is -2.25. The number of hydrogen-bond acceptors (Lipinski definition) is 6. The van der Waals surface area contributed by atoms with Crippen molar-refractivity contribution in [2.24, 2.45) is 5.10 Å². The van der Waals surface area contributed by atoms with E-state index in [1.165, 1.54) is 6.21 Å². The van der Waals surface area contributed by atoms with Crippen LogP contribution in [-0.2, 0) is 4.79 Å². The smallest absolute Gasteiger partial charge is 0.345 e. The monoisotopic (exact) mass is 452 g/mol. The number of carbonyl (C=O) groups excluding carboxylic acids is 2. The molecule has 7 nitrogen and oxygen atoms in total. The maximum Gasteiger partial charge on any atom is 0.345 e. The number of aliphatic hydroxyl groups excluding tert-OH is 1. The summed E-state index contributed by atoms with van der Waals surface area (Å²) in [5.74, 6) is -0.729. The minimum atomic E-state index is -1.33. The number of carbonyl (C=O) groups is 2. The van der Waals surface area contributed by atoms with Crippen LogP contribution in [0.4, 0.5) is 0 Å². The normalized spacial score (nSPS) is 11.7. The predicted molar refractivity (Wildman–Crippen MR) is 121 cm³/mol. The number of hydrazone groups is 1. The quantitative estimate of drug-likeness (QED) is 0.232. The van der Waals surface area contributed by atoms with Crippen molar-refractivity contribution in [3.63, 3.8) is 0 Å². The van der Waals surface area contributed by atoms with E-state index >= 15 is 0 Å². The molecule has 0 saturated heterocycles. The summed E-state index contributed by atoms with van der Waals surface area (Å²) in [6.07, 6.45) is 0.0524. The zero-order valence-electron chi connectivity index (χ0n) is 17.2. The maximum atomic E-state index is 12.4. The Bertz CT molecular complexity index is 1120. The summed E-state index contributed by atoms with van der Waals surface area (Å²) >= 11 is 6.05. The number of ether oxygens (including phenoxy) is 2. The molecule has 0 heterocycles. The first-order chi connectivity index (χ1) is 15.5. The van der Waals surface area contributed by atoms with Crippen molar-refractivity contribution >= 4 is 29.7 Å². The SMILES string of the molecule is CCOc1cc(/C=N/NC(=O)C(O)c2ccccc2)ccc1OC(=O)c1ccccc1Cl. The molecule has 1 atom stereocenters. The van der Waals surface area contributed by atoms with Crippen LogP contribution in [0.5, 0.6) is 11.5 Å². The van der Waals surface area contributed by atoms with E-state index in [1.807, 2.05) is 0 Å². The van der Waals surface area contributed by atoms with Crippen LogP contribution in [0.1, 0.15) is 34.5 Å². The molecule has 1 amide bonds. The van der Waals surface area contributed by atoms with Gasteiger partial charge in [0.2, 0.25) is 0 Å². The molecule has 0 saturated carbocycles. The van der Waals surface area contributed by atoms with E-state index < -0.39 is 18.0 Å². The van der Waals surface area contributed by atoms with Gasteiger partial charge in [0.05, 0.1) is 23.4 Å². The molecule has 3 aromatic carbocycles. The molecule has 0 bridgehead atoms. The fourth-order valence-corrected chi connectivity index (χ4v) is 2.97. The Labute approximate surface area is 190 Å². The molecule has 3 aromatic rings. The van der Waals surface area contributed by atoms with Crippen LogP contribution in [-0.4, -0.2) is 29.8 Å². The van der Waals surface area contributed by atoms with Crippen molar-refractivity contribution in [2.45, 2.75) is 13.0 Å². The van der Waals surface area contributed by atoms with Crippen molar-refractivity contribution in [1.29, 1.82) is 0 Å². The third-order valence-electron chi connectivity index (χ3n) is 4.32. The molecule has 3 rings (SSSR count). The van der Waals surface area contributed by atoms with E-state index in [2.05, 4.69) is 10.5 Å². The van der Waals surface area contributed by atoms with Gasteiger partial charge >= 0.3 is 5.97 Å². The predicted octanol–water partition coefficient (Wildman–Crippen LogP) is 4.14. The molecule has 8 heteroatoms. The van der Waals surface area contributed by atoms with Crippen LogP contribution in [0.25, 0.3) is 0 Å². The van der Waals surface area contributed by atoms with Gasteiger partial charge in [-0.25, -0.2) is 10.2 Å². The molecule has 0 aromatic heterocycles. The highest BCUT2D eigenvalue weighted by Crippen LogP contribution is 2.29. The number of nitrogens with zero attached hydrogens (tertiary/aromatic N) is 1. The molecule has 0 aliphatic carbocycles. The first-order valence-electron chi connectivity index (χ1n) is 9.79. The molecule has 0 aliphatic heterocycles. The standard InChI is InChI=1S/C24H21ClN2O5/c1-2-31-21-14-16(15-26-27-23(29)22(28)17-8-4-3-5-9-17)12-13-20(21)32-24(30)18-10-6-7-11-19(18)25/h3-15,22,28H,2H2,1H3,(H,27,29)/b26-15+. The van der Waals surface area contributed by atoms with Gasteiger partial charge in [-0.05, 0) is 48.4 Å². The second-order valence-electron chi connectivity index (χ2n) is 6.56. The summed E-state index contributed by atoms with van der Waals surface area (Å²) < 4.78 is 11.0. The summed E-state index contributed by atoms with van der Waals surface area (Å²) in [7, 11) is 0. The fourth-order valence-electron chi connectivity index (χ4n) is 2.76. The minimum Gasteiger partial charge on any atom is -0.490 e. The Kier molecular flexibility index (Phi) is 7.96. The lowest BCUT2D eigenvalue weighted by Gasteiger charge is -2.12. The van der Waals surface area contributed by atoms with Gasteiger partial charge in [-0.15, -0.1) is 0 Å². The third kappa shape index (κ3) is 5.94. The largest absolute Gasteiger partial charge is 0.490 e. The summed E-state index contributed by atoms with van der Waals surface area (Å²) in [6.45, 7) is 2.14. The number of benzene rings is 3. The van der Waals surface area contributed by atoms with E-state index in [4.69, 9.17) is 21.1 Å². The van der Waals surface area contributed by atoms with Gasteiger partial charge < -0.3 is 14.6 Å². The highest BCUT2D eigenvalue weighted by Gasteiger charge is 2.17. The van der Waals surface area contributed by atoms with Crippen LogP contribution in [0.3, 0.4) is 0 Å². The van der Waals surface area contributed by atoms with Gasteiger partial charge in [-0.2, -0.15) is 5.10 Å². The Morgan fingerprint density at radius 3 is 2.50 bits per heavy atom. The van der Waals surface area contributed by atoms with Crippen LogP contribution in [0.15, 0.2) is 77.9 Å². The molecular formula is C24H21ClN2O5. The first kappa shape index (κ1) is 23.0. The summed E-state index contributed by atoms with van der Waals surface area (Å²) in [5, 5.41) is 14.2. The van der Waals surface area contributed by atoms with Crippen molar-refractivity contribution in [3.8, 4) is 11.5 Å². The number of aliphatic hydroxyl groups is 1. The number of halogens is 1. The van der Waals surface area contributed by atoms with E-state index in [-0.39, 0.29) is 16.3 Å². The Morgan fingerprint density at radius 2 is 1.78 bits per heavy atom. The van der Waals surface area contributed by atoms with E-state index in [9.17, 15) is 14.7 Å². The van der Waals surface area contributed by atoms with Gasteiger partial charge in [-0.3, -0.25) is 4.79 Å². The number of nitrogens with one attached hydrogen (secondary N) is 1. The molecule has 164 valence electrons. The fraction of sp³-hybridized carbons (Fsp3) is 0.125. The van der Waals surface area contributed by atoms with Crippen molar-refractivity contribution < 1.29 is 24.2 Å². The van der Waals surface area contributed by atoms with E-state index in [1.54, 1.807) is 79.7 Å². The van der Waals surface area contributed by atoms with E-state index in [0.717, 1.165) is 0 Å². The van der Waals surface area contributed by atoms with E-state index in [0.29, 0.717) is 23.5 Å². The molecule has 0 spiro atoms. The lowest BCUT2D eigenvalue weighted by molar-refractivity contribution is -0.129. The molecule has 1 unspecified atom stereocenters. The Hall–Kier alpha value is -3.68. The summed E-state index contributed by atoms with van der Waals surface area (Å²) in [4.78, 5) is 24.5. The zero-order chi connectivity index (χ0) is 22.9. The number of rotatable bonds is 8. The topological polar surface area (TPSA) is 97.2 Å². The number of amides is 1. The molecule has 32 heavy (non-hydrogen) atoms. The average Bonchev–Trinajstić information content (AvgIpc) is 2.81. The van der Waals surface area contributed by atoms with Crippen LogP contribution < -0.4 is 14.9 Å².